The van der Waals surface area contributed by atoms with Gasteiger partial charge >= 0.3 is 6.03 Å². The van der Waals surface area contributed by atoms with Gasteiger partial charge in [-0.2, -0.15) is 0 Å². The summed E-state index contributed by atoms with van der Waals surface area (Å²) in [7, 11) is 0. The van der Waals surface area contributed by atoms with E-state index in [2.05, 4.69) is 41.1 Å². The first-order valence-corrected chi connectivity index (χ1v) is 8.49. The van der Waals surface area contributed by atoms with Gasteiger partial charge in [0.25, 0.3) is 0 Å². The lowest BCUT2D eigenvalue weighted by atomic mass is 9.92. The minimum absolute atomic E-state index is 0.0716. The van der Waals surface area contributed by atoms with Crippen molar-refractivity contribution in [2.75, 3.05) is 13.1 Å². The Labute approximate surface area is 137 Å². The SMILES string of the molecule is Cc1ccccc1C1(CNC(=O)N[C@@H]2CCCCNC2=O)CC1. The highest BCUT2D eigenvalue weighted by atomic mass is 16.2. The van der Waals surface area contributed by atoms with Crippen molar-refractivity contribution in [1.82, 2.24) is 16.0 Å². The quantitative estimate of drug-likeness (QED) is 0.795. The van der Waals surface area contributed by atoms with Crippen LogP contribution < -0.4 is 16.0 Å². The molecular weight excluding hydrogens is 290 g/mol. The molecule has 0 radical (unpaired) electrons. The number of hydrogen-bond acceptors (Lipinski definition) is 2. The average Bonchev–Trinajstić information content (AvgIpc) is 3.34. The topological polar surface area (TPSA) is 70.2 Å². The summed E-state index contributed by atoms with van der Waals surface area (Å²) in [5.41, 5.74) is 2.68. The van der Waals surface area contributed by atoms with Crippen molar-refractivity contribution in [2.45, 2.75) is 50.5 Å². The summed E-state index contributed by atoms with van der Waals surface area (Å²) in [6, 6.07) is 7.71. The summed E-state index contributed by atoms with van der Waals surface area (Å²) in [5.74, 6) is -0.0716. The molecule has 1 saturated carbocycles. The Hall–Kier alpha value is -2.04. The van der Waals surface area contributed by atoms with Gasteiger partial charge in [0.15, 0.2) is 0 Å². The number of carbonyl (C=O) groups is 2. The first-order valence-electron chi connectivity index (χ1n) is 8.49. The molecule has 1 saturated heterocycles. The van der Waals surface area contributed by atoms with Crippen LogP contribution in [0, 0.1) is 6.92 Å². The number of aryl methyl sites for hydroxylation is 1. The summed E-state index contributed by atoms with van der Waals surface area (Å²) >= 11 is 0. The van der Waals surface area contributed by atoms with Crippen molar-refractivity contribution in [2.24, 2.45) is 0 Å². The van der Waals surface area contributed by atoms with E-state index in [0.717, 1.165) is 25.7 Å². The van der Waals surface area contributed by atoms with Crippen molar-refractivity contribution < 1.29 is 9.59 Å². The van der Waals surface area contributed by atoms with E-state index in [1.807, 2.05) is 6.07 Å². The zero-order valence-electron chi connectivity index (χ0n) is 13.7. The minimum Gasteiger partial charge on any atom is -0.354 e. The largest absolute Gasteiger partial charge is 0.354 e. The van der Waals surface area contributed by atoms with Crippen LogP contribution in [-0.2, 0) is 10.2 Å². The molecule has 0 spiro atoms. The van der Waals surface area contributed by atoms with E-state index >= 15 is 0 Å². The Kier molecular flexibility index (Phi) is 4.55. The van der Waals surface area contributed by atoms with Crippen molar-refractivity contribution in [3.8, 4) is 0 Å². The van der Waals surface area contributed by atoms with Gasteiger partial charge < -0.3 is 16.0 Å². The number of carbonyl (C=O) groups excluding carboxylic acids is 2. The molecule has 3 amide bonds. The molecule has 1 aliphatic heterocycles. The predicted molar refractivity (Wildman–Crippen MR) is 89.3 cm³/mol. The second kappa shape index (κ2) is 6.60. The van der Waals surface area contributed by atoms with Crippen molar-refractivity contribution >= 4 is 11.9 Å². The van der Waals surface area contributed by atoms with Gasteiger partial charge in [-0.1, -0.05) is 24.3 Å². The third-order valence-corrected chi connectivity index (χ3v) is 5.00. The van der Waals surface area contributed by atoms with Gasteiger partial charge in [-0.05, 0) is 50.2 Å². The number of hydrogen-bond donors (Lipinski definition) is 3. The molecule has 0 unspecified atom stereocenters. The lowest BCUT2D eigenvalue weighted by molar-refractivity contribution is -0.122. The maximum absolute atomic E-state index is 12.2. The molecule has 0 bridgehead atoms. The Morgan fingerprint density at radius 2 is 2.09 bits per heavy atom. The second-order valence-electron chi connectivity index (χ2n) is 6.76. The smallest absolute Gasteiger partial charge is 0.315 e. The molecule has 5 heteroatoms. The lowest BCUT2D eigenvalue weighted by Crippen LogP contribution is -2.50. The third-order valence-electron chi connectivity index (χ3n) is 5.00. The Bertz CT molecular complexity index is 596. The average molecular weight is 315 g/mol. The van der Waals surface area contributed by atoms with E-state index < -0.39 is 6.04 Å². The normalized spacial score (nSPS) is 22.7. The van der Waals surface area contributed by atoms with Crippen molar-refractivity contribution in [1.29, 1.82) is 0 Å². The summed E-state index contributed by atoms with van der Waals surface area (Å²) < 4.78 is 0. The number of benzene rings is 1. The molecular formula is C18H25N3O2. The highest BCUT2D eigenvalue weighted by Crippen LogP contribution is 2.48. The zero-order chi connectivity index (χ0) is 16.3. The van der Waals surface area contributed by atoms with Crippen LogP contribution in [0.5, 0.6) is 0 Å². The summed E-state index contributed by atoms with van der Waals surface area (Å²) in [5, 5.41) is 8.62. The van der Waals surface area contributed by atoms with Crippen LogP contribution in [0.4, 0.5) is 4.79 Å². The molecule has 124 valence electrons. The van der Waals surface area contributed by atoms with Crippen LogP contribution in [0.3, 0.4) is 0 Å². The number of nitrogens with one attached hydrogen (secondary N) is 3. The van der Waals surface area contributed by atoms with E-state index in [1.165, 1.54) is 11.1 Å². The number of amides is 3. The summed E-state index contributed by atoms with van der Waals surface area (Å²) in [6.45, 7) is 3.44. The van der Waals surface area contributed by atoms with Crippen LogP contribution >= 0.6 is 0 Å². The molecule has 1 aliphatic carbocycles. The fourth-order valence-corrected chi connectivity index (χ4v) is 3.40. The van der Waals surface area contributed by atoms with Gasteiger partial charge in [-0.3, -0.25) is 4.79 Å². The van der Waals surface area contributed by atoms with Crippen LogP contribution in [0.15, 0.2) is 24.3 Å². The van der Waals surface area contributed by atoms with Crippen LogP contribution in [-0.4, -0.2) is 31.1 Å². The van der Waals surface area contributed by atoms with E-state index in [0.29, 0.717) is 19.5 Å². The summed E-state index contributed by atoms with van der Waals surface area (Å²) in [6.07, 6.45) is 4.84. The highest BCUT2D eigenvalue weighted by Gasteiger charge is 2.45. The monoisotopic (exact) mass is 315 g/mol. The maximum Gasteiger partial charge on any atom is 0.315 e. The molecule has 5 nitrogen and oxygen atoms in total. The third kappa shape index (κ3) is 3.66. The second-order valence-corrected chi connectivity index (χ2v) is 6.76. The molecule has 1 aromatic carbocycles. The van der Waals surface area contributed by atoms with Crippen LogP contribution in [0.25, 0.3) is 0 Å². The molecule has 2 aliphatic rings. The van der Waals surface area contributed by atoms with Gasteiger partial charge in [-0.15, -0.1) is 0 Å². The van der Waals surface area contributed by atoms with Crippen LogP contribution in [0.2, 0.25) is 0 Å². The van der Waals surface area contributed by atoms with E-state index in [4.69, 9.17) is 0 Å². The van der Waals surface area contributed by atoms with E-state index in [-0.39, 0.29) is 17.4 Å². The molecule has 0 aromatic heterocycles. The van der Waals surface area contributed by atoms with Gasteiger partial charge in [0, 0.05) is 18.5 Å². The first-order chi connectivity index (χ1) is 11.1. The fraction of sp³-hybridized carbons (Fsp3) is 0.556. The first kappa shape index (κ1) is 15.8. The molecule has 23 heavy (non-hydrogen) atoms. The van der Waals surface area contributed by atoms with Gasteiger partial charge in [0.1, 0.15) is 6.04 Å². The molecule has 2 fully saturated rings. The highest BCUT2D eigenvalue weighted by molar-refractivity contribution is 5.87. The lowest BCUT2D eigenvalue weighted by Gasteiger charge is -2.21. The zero-order valence-corrected chi connectivity index (χ0v) is 13.7. The number of urea groups is 1. The Balaban J connectivity index is 1.55. The molecule has 3 N–H and O–H groups in total. The minimum atomic E-state index is -0.411. The molecule has 1 heterocycles. The van der Waals surface area contributed by atoms with Gasteiger partial charge in [-0.25, -0.2) is 4.79 Å². The van der Waals surface area contributed by atoms with Crippen molar-refractivity contribution in [3.05, 3.63) is 35.4 Å². The number of rotatable bonds is 4. The molecule has 1 atom stereocenters. The van der Waals surface area contributed by atoms with Crippen LogP contribution in [0.1, 0.15) is 43.2 Å². The van der Waals surface area contributed by atoms with Crippen molar-refractivity contribution in [3.63, 3.8) is 0 Å². The predicted octanol–water partition coefficient (Wildman–Crippen LogP) is 1.99. The van der Waals surface area contributed by atoms with Gasteiger partial charge in [0.05, 0.1) is 0 Å². The Morgan fingerprint density at radius 3 is 2.83 bits per heavy atom. The van der Waals surface area contributed by atoms with Gasteiger partial charge in [0.2, 0.25) is 5.91 Å². The van der Waals surface area contributed by atoms with E-state index in [9.17, 15) is 9.59 Å². The summed E-state index contributed by atoms with van der Waals surface area (Å²) in [4.78, 5) is 24.0. The standard InChI is InChI=1S/C18H25N3O2/c1-13-6-2-3-7-14(13)18(9-10-18)12-20-17(23)21-15-8-4-5-11-19-16(15)22/h2-3,6-7,15H,4-5,8-12H2,1H3,(H,19,22)(H2,20,21,23)/t15-/m1/s1. The fourth-order valence-electron chi connectivity index (χ4n) is 3.40. The Morgan fingerprint density at radius 1 is 1.30 bits per heavy atom. The maximum atomic E-state index is 12.2. The van der Waals surface area contributed by atoms with E-state index in [1.54, 1.807) is 0 Å². The molecule has 1 aromatic rings. The molecule has 3 rings (SSSR count).